The van der Waals surface area contributed by atoms with E-state index in [4.69, 9.17) is 9.26 Å². The maximum absolute atomic E-state index is 12.6. The first-order chi connectivity index (χ1) is 13.0. The molecular formula is C19H29ClN4O4. The molecule has 3 aliphatic rings. The van der Waals surface area contributed by atoms with Crippen LogP contribution in [-0.2, 0) is 20.9 Å². The van der Waals surface area contributed by atoms with Gasteiger partial charge in [0.2, 0.25) is 5.91 Å². The second kappa shape index (κ2) is 8.39. The lowest BCUT2D eigenvalue weighted by Crippen LogP contribution is -2.52. The lowest BCUT2D eigenvalue weighted by Gasteiger charge is -2.40. The summed E-state index contributed by atoms with van der Waals surface area (Å²) in [5, 5.41) is 7.20. The molecule has 1 aromatic heterocycles. The third-order valence-electron chi connectivity index (χ3n) is 6.27. The summed E-state index contributed by atoms with van der Waals surface area (Å²) in [6, 6.07) is 0. The molecule has 0 saturated carbocycles. The van der Waals surface area contributed by atoms with E-state index in [9.17, 15) is 9.59 Å². The third kappa shape index (κ3) is 4.04. The minimum Gasteiger partial charge on any atom is -0.366 e. The van der Waals surface area contributed by atoms with Gasteiger partial charge >= 0.3 is 0 Å². The standard InChI is InChI=1S/C19H28N4O4.ClH/c1-13-15(14(2)27-21-13)11-23-12-19(9-17(23)24)3-6-22(7-4-19)18(25)16-10-20-5-8-26-16;/h16,20H,3-12H2,1-2H3;1H. The van der Waals surface area contributed by atoms with Crippen LogP contribution in [0.3, 0.4) is 0 Å². The van der Waals surface area contributed by atoms with Crippen LogP contribution in [0.5, 0.6) is 0 Å². The fraction of sp³-hybridized carbons (Fsp3) is 0.737. The highest BCUT2D eigenvalue weighted by Gasteiger charge is 2.46. The molecule has 28 heavy (non-hydrogen) atoms. The van der Waals surface area contributed by atoms with Crippen molar-refractivity contribution in [3.8, 4) is 0 Å². The van der Waals surface area contributed by atoms with Crippen molar-refractivity contribution in [3.63, 3.8) is 0 Å². The molecule has 0 radical (unpaired) electrons. The number of aryl methyl sites for hydroxylation is 2. The van der Waals surface area contributed by atoms with Gasteiger partial charge < -0.3 is 24.4 Å². The van der Waals surface area contributed by atoms with Crippen molar-refractivity contribution in [3.05, 3.63) is 17.0 Å². The van der Waals surface area contributed by atoms with Gasteiger partial charge in [-0.3, -0.25) is 9.59 Å². The van der Waals surface area contributed by atoms with Crippen LogP contribution in [0.4, 0.5) is 0 Å². The predicted octanol–water partition coefficient (Wildman–Crippen LogP) is 1.04. The van der Waals surface area contributed by atoms with Crippen LogP contribution in [0.1, 0.15) is 36.3 Å². The van der Waals surface area contributed by atoms with E-state index in [0.29, 0.717) is 39.2 Å². The highest BCUT2D eigenvalue weighted by Crippen LogP contribution is 2.41. The fourth-order valence-corrected chi connectivity index (χ4v) is 4.51. The second-order valence-corrected chi connectivity index (χ2v) is 8.12. The number of piperidine rings is 1. The second-order valence-electron chi connectivity index (χ2n) is 8.12. The largest absolute Gasteiger partial charge is 0.366 e. The summed E-state index contributed by atoms with van der Waals surface area (Å²) in [7, 11) is 0. The first-order valence-corrected chi connectivity index (χ1v) is 9.78. The zero-order valence-electron chi connectivity index (χ0n) is 16.5. The zero-order chi connectivity index (χ0) is 19.0. The van der Waals surface area contributed by atoms with Crippen molar-refractivity contribution in [2.75, 3.05) is 39.3 Å². The summed E-state index contributed by atoms with van der Waals surface area (Å²) in [5.74, 6) is 1.05. The molecule has 8 nitrogen and oxygen atoms in total. The maximum atomic E-state index is 12.6. The van der Waals surface area contributed by atoms with Crippen LogP contribution in [0.25, 0.3) is 0 Å². The van der Waals surface area contributed by atoms with Crippen molar-refractivity contribution >= 4 is 24.2 Å². The quantitative estimate of drug-likeness (QED) is 0.798. The van der Waals surface area contributed by atoms with Crippen molar-refractivity contribution in [1.82, 2.24) is 20.3 Å². The lowest BCUT2D eigenvalue weighted by molar-refractivity contribution is -0.147. The van der Waals surface area contributed by atoms with E-state index in [1.807, 2.05) is 23.6 Å². The van der Waals surface area contributed by atoms with E-state index >= 15 is 0 Å². The number of halogens is 1. The molecule has 0 aromatic carbocycles. The van der Waals surface area contributed by atoms with Crippen molar-refractivity contribution in [2.45, 2.75) is 45.8 Å². The zero-order valence-corrected chi connectivity index (χ0v) is 17.3. The molecule has 1 spiro atoms. The van der Waals surface area contributed by atoms with E-state index < -0.39 is 0 Å². The Morgan fingerprint density at radius 2 is 2.07 bits per heavy atom. The molecule has 4 heterocycles. The first kappa shape index (κ1) is 21.1. The predicted molar refractivity (Wildman–Crippen MR) is 104 cm³/mol. The molecule has 0 bridgehead atoms. The van der Waals surface area contributed by atoms with Gasteiger partial charge in [-0.15, -0.1) is 12.4 Å². The van der Waals surface area contributed by atoms with Gasteiger partial charge in [-0.1, -0.05) is 5.16 Å². The summed E-state index contributed by atoms with van der Waals surface area (Å²) >= 11 is 0. The normalized spacial score (nSPS) is 24.5. The average molecular weight is 413 g/mol. The minimum absolute atomic E-state index is 0. The number of carbonyl (C=O) groups excluding carboxylic acids is 2. The van der Waals surface area contributed by atoms with Gasteiger partial charge in [0.1, 0.15) is 11.9 Å². The van der Waals surface area contributed by atoms with Gasteiger partial charge in [0.25, 0.3) is 5.91 Å². The molecule has 1 aromatic rings. The van der Waals surface area contributed by atoms with Gasteiger partial charge in [-0.25, -0.2) is 0 Å². The monoisotopic (exact) mass is 412 g/mol. The number of hydrogen-bond acceptors (Lipinski definition) is 6. The lowest BCUT2D eigenvalue weighted by atomic mass is 9.77. The third-order valence-corrected chi connectivity index (χ3v) is 6.27. The molecule has 1 N–H and O–H groups in total. The molecule has 0 aliphatic carbocycles. The van der Waals surface area contributed by atoms with Gasteiger partial charge in [0, 0.05) is 50.1 Å². The Bertz CT molecular complexity index is 704. The Morgan fingerprint density at radius 1 is 1.32 bits per heavy atom. The highest BCUT2D eigenvalue weighted by atomic mass is 35.5. The van der Waals surface area contributed by atoms with Crippen molar-refractivity contribution in [2.24, 2.45) is 5.41 Å². The van der Waals surface area contributed by atoms with Crippen molar-refractivity contribution < 1.29 is 18.8 Å². The number of aromatic nitrogens is 1. The van der Waals surface area contributed by atoms with Crippen LogP contribution in [0.2, 0.25) is 0 Å². The Labute approximate surface area is 171 Å². The number of carbonyl (C=O) groups is 2. The summed E-state index contributed by atoms with van der Waals surface area (Å²) in [6.45, 7) is 8.48. The molecule has 1 atom stereocenters. The van der Waals surface area contributed by atoms with E-state index in [1.54, 1.807) is 0 Å². The van der Waals surface area contributed by atoms with Crippen LogP contribution in [0, 0.1) is 19.3 Å². The number of likely N-dealkylation sites (tertiary alicyclic amines) is 2. The molecular weight excluding hydrogens is 384 g/mol. The molecule has 156 valence electrons. The Kier molecular flexibility index (Phi) is 6.31. The fourth-order valence-electron chi connectivity index (χ4n) is 4.51. The molecule has 4 rings (SSSR count). The summed E-state index contributed by atoms with van der Waals surface area (Å²) in [6.07, 6.45) is 1.93. The molecule has 1 unspecified atom stereocenters. The molecule has 3 fully saturated rings. The number of nitrogens with one attached hydrogen (secondary N) is 1. The molecule has 3 saturated heterocycles. The topological polar surface area (TPSA) is 87.9 Å². The van der Waals surface area contributed by atoms with Crippen LogP contribution in [-0.4, -0.2) is 72.2 Å². The van der Waals surface area contributed by atoms with Gasteiger partial charge in [-0.2, -0.15) is 0 Å². The Balaban J connectivity index is 0.00000225. The Hall–Kier alpha value is -1.64. The van der Waals surface area contributed by atoms with Crippen LogP contribution >= 0.6 is 12.4 Å². The average Bonchev–Trinajstić information content (AvgIpc) is 3.16. The Morgan fingerprint density at radius 3 is 2.68 bits per heavy atom. The molecule has 9 heteroatoms. The van der Waals surface area contributed by atoms with E-state index in [1.165, 1.54) is 0 Å². The highest BCUT2D eigenvalue weighted by molar-refractivity contribution is 5.85. The number of rotatable bonds is 3. The number of amides is 2. The minimum atomic E-state index is -0.367. The summed E-state index contributed by atoms with van der Waals surface area (Å²) in [4.78, 5) is 29.1. The van der Waals surface area contributed by atoms with Gasteiger partial charge in [0.15, 0.2) is 0 Å². The SMILES string of the molecule is Cc1noc(C)c1CN1CC2(CCN(C(=O)C3CNCCO3)CC2)CC1=O.Cl. The number of ether oxygens (including phenoxy) is 1. The van der Waals surface area contributed by atoms with Crippen molar-refractivity contribution in [1.29, 1.82) is 0 Å². The number of nitrogens with zero attached hydrogens (tertiary/aromatic N) is 3. The smallest absolute Gasteiger partial charge is 0.253 e. The van der Waals surface area contributed by atoms with Gasteiger partial charge in [0.05, 0.1) is 18.8 Å². The summed E-state index contributed by atoms with van der Waals surface area (Å²) in [5.41, 5.74) is 1.84. The van der Waals surface area contributed by atoms with E-state index in [-0.39, 0.29) is 35.7 Å². The van der Waals surface area contributed by atoms with Gasteiger partial charge in [-0.05, 0) is 26.7 Å². The first-order valence-electron chi connectivity index (χ1n) is 9.78. The molecule has 2 amide bonds. The van der Waals surface area contributed by atoms with Crippen LogP contribution < -0.4 is 5.32 Å². The van der Waals surface area contributed by atoms with Crippen LogP contribution in [0.15, 0.2) is 4.52 Å². The maximum Gasteiger partial charge on any atom is 0.253 e. The number of morpholine rings is 1. The number of hydrogen-bond donors (Lipinski definition) is 1. The summed E-state index contributed by atoms with van der Waals surface area (Å²) < 4.78 is 10.8. The van der Waals surface area contributed by atoms with E-state index in [2.05, 4.69) is 10.5 Å². The molecule has 3 aliphatic heterocycles. The van der Waals surface area contributed by atoms with E-state index in [0.717, 1.165) is 42.9 Å².